The van der Waals surface area contributed by atoms with E-state index in [1.165, 1.54) is 0 Å². The van der Waals surface area contributed by atoms with Crippen LogP contribution in [0.3, 0.4) is 0 Å². The van der Waals surface area contributed by atoms with Gasteiger partial charge in [-0.15, -0.1) is 0 Å². The van der Waals surface area contributed by atoms with Gasteiger partial charge >= 0.3 is 0 Å². The van der Waals surface area contributed by atoms with E-state index >= 15 is 0 Å². The molecule has 0 radical (unpaired) electrons. The number of ketones is 1. The van der Waals surface area contributed by atoms with Crippen molar-refractivity contribution >= 4 is 12.1 Å². The third kappa shape index (κ3) is 2.79. The monoisotopic (exact) mass is 252 g/mol. The summed E-state index contributed by atoms with van der Waals surface area (Å²) in [7, 11) is 0. The number of hydrogen-bond acceptors (Lipinski definition) is 2. The molecule has 0 saturated carbocycles. The lowest BCUT2D eigenvalue weighted by molar-refractivity contribution is -0.107. The number of hydrogen-bond donors (Lipinski definition) is 0. The van der Waals surface area contributed by atoms with E-state index in [9.17, 15) is 9.59 Å². The van der Waals surface area contributed by atoms with Crippen molar-refractivity contribution in [3.8, 4) is 0 Å². The second-order valence-corrected chi connectivity index (χ2v) is 4.68. The molecule has 2 heteroatoms. The summed E-state index contributed by atoms with van der Waals surface area (Å²) in [6.45, 7) is 3.93. The predicted octanol–water partition coefficient (Wildman–Crippen LogP) is 3.28. The molecule has 0 unspecified atom stereocenters. The topological polar surface area (TPSA) is 34.1 Å². The van der Waals surface area contributed by atoms with Crippen molar-refractivity contribution in [3.05, 3.63) is 70.3 Å². The number of carbonyl (C=O) groups excluding carboxylic acids is 2. The van der Waals surface area contributed by atoms with Crippen LogP contribution in [0, 0.1) is 13.8 Å². The number of aryl methyl sites for hydroxylation is 2. The molecule has 0 amide bonds. The Morgan fingerprint density at radius 2 is 1.79 bits per heavy atom. The third-order valence-electron chi connectivity index (χ3n) is 3.19. The van der Waals surface area contributed by atoms with Crippen molar-refractivity contribution < 1.29 is 9.59 Å². The van der Waals surface area contributed by atoms with Crippen LogP contribution >= 0.6 is 0 Å². The fourth-order valence-electron chi connectivity index (χ4n) is 2.22. The molecular weight excluding hydrogens is 236 g/mol. The van der Waals surface area contributed by atoms with Crippen molar-refractivity contribution in [2.45, 2.75) is 20.3 Å². The maximum absolute atomic E-state index is 12.6. The summed E-state index contributed by atoms with van der Waals surface area (Å²) >= 11 is 0. The Morgan fingerprint density at radius 3 is 2.47 bits per heavy atom. The molecule has 96 valence electrons. The lowest BCUT2D eigenvalue weighted by Crippen LogP contribution is -2.07. The first-order valence-electron chi connectivity index (χ1n) is 6.27. The second kappa shape index (κ2) is 5.61. The van der Waals surface area contributed by atoms with Gasteiger partial charge in [-0.2, -0.15) is 0 Å². The van der Waals surface area contributed by atoms with Gasteiger partial charge in [-0.3, -0.25) is 4.79 Å². The lowest BCUT2D eigenvalue weighted by Gasteiger charge is -2.09. The molecule has 0 heterocycles. The summed E-state index contributed by atoms with van der Waals surface area (Å²) < 4.78 is 0. The Labute approximate surface area is 113 Å². The summed E-state index contributed by atoms with van der Waals surface area (Å²) in [6.07, 6.45) is 1.10. The predicted molar refractivity (Wildman–Crippen MR) is 75.6 cm³/mol. The van der Waals surface area contributed by atoms with Crippen molar-refractivity contribution in [3.63, 3.8) is 0 Å². The van der Waals surface area contributed by atoms with Gasteiger partial charge in [-0.1, -0.05) is 48.0 Å². The van der Waals surface area contributed by atoms with E-state index in [-0.39, 0.29) is 12.2 Å². The average Bonchev–Trinajstić information content (AvgIpc) is 2.39. The second-order valence-electron chi connectivity index (χ2n) is 4.68. The van der Waals surface area contributed by atoms with E-state index in [1.807, 2.05) is 50.2 Å². The highest BCUT2D eigenvalue weighted by Crippen LogP contribution is 2.18. The van der Waals surface area contributed by atoms with Crippen LogP contribution in [0.2, 0.25) is 0 Å². The highest BCUT2D eigenvalue weighted by Gasteiger charge is 2.14. The molecule has 0 aliphatic heterocycles. The fourth-order valence-corrected chi connectivity index (χ4v) is 2.22. The Hall–Kier alpha value is -2.22. The van der Waals surface area contributed by atoms with E-state index in [4.69, 9.17) is 0 Å². The van der Waals surface area contributed by atoms with Crippen LogP contribution in [-0.2, 0) is 11.2 Å². The van der Waals surface area contributed by atoms with Crippen LogP contribution in [0.25, 0.3) is 0 Å². The zero-order valence-corrected chi connectivity index (χ0v) is 11.1. The van der Waals surface area contributed by atoms with Gasteiger partial charge in [-0.05, 0) is 25.0 Å². The molecule has 19 heavy (non-hydrogen) atoms. The van der Waals surface area contributed by atoms with E-state index in [1.54, 1.807) is 6.07 Å². The minimum Gasteiger partial charge on any atom is -0.303 e. The van der Waals surface area contributed by atoms with Gasteiger partial charge in [0.05, 0.1) is 0 Å². The molecule has 2 aromatic carbocycles. The number of benzene rings is 2. The number of aldehydes is 1. The standard InChI is InChI=1S/C17H16O2/c1-12-7-8-15(13(2)11-12)17(19)16-6-4-3-5-14(16)9-10-18/h3-8,10-11H,9H2,1-2H3. The van der Waals surface area contributed by atoms with Gasteiger partial charge in [0, 0.05) is 17.5 Å². The Bertz CT molecular complexity index is 627. The minimum absolute atomic E-state index is 0.0186. The van der Waals surface area contributed by atoms with Crippen LogP contribution in [0.5, 0.6) is 0 Å². The van der Waals surface area contributed by atoms with Crippen LogP contribution in [0.4, 0.5) is 0 Å². The molecule has 0 N–H and O–H groups in total. The highest BCUT2D eigenvalue weighted by atomic mass is 16.1. The zero-order valence-electron chi connectivity index (χ0n) is 11.1. The molecule has 0 aliphatic rings. The molecule has 0 spiro atoms. The summed E-state index contributed by atoms with van der Waals surface area (Å²) in [6, 6.07) is 13.1. The largest absolute Gasteiger partial charge is 0.303 e. The van der Waals surface area contributed by atoms with E-state index in [2.05, 4.69) is 0 Å². The molecule has 0 aromatic heterocycles. The smallest absolute Gasteiger partial charge is 0.193 e. The molecule has 2 nitrogen and oxygen atoms in total. The summed E-state index contributed by atoms with van der Waals surface area (Å²) in [5.41, 5.74) is 4.19. The number of rotatable bonds is 4. The van der Waals surface area contributed by atoms with E-state index < -0.39 is 0 Å². The molecule has 0 aliphatic carbocycles. The quantitative estimate of drug-likeness (QED) is 0.618. The SMILES string of the molecule is Cc1ccc(C(=O)c2ccccc2CC=O)c(C)c1. The van der Waals surface area contributed by atoms with Gasteiger partial charge in [0.15, 0.2) is 5.78 Å². The average molecular weight is 252 g/mol. The van der Waals surface area contributed by atoms with Gasteiger partial charge in [0.1, 0.15) is 6.29 Å². The van der Waals surface area contributed by atoms with Crippen molar-refractivity contribution in [1.29, 1.82) is 0 Å². The van der Waals surface area contributed by atoms with Crippen molar-refractivity contribution in [2.75, 3.05) is 0 Å². The first kappa shape index (κ1) is 13.2. The summed E-state index contributed by atoms with van der Waals surface area (Å²) in [5.74, 6) is -0.0186. The van der Waals surface area contributed by atoms with Crippen LogP contribution in [-0.4, -0.2) is 12.1 Å². The first-order chi connectivity index (χ1) is 9.13. The van der Waals surface area contributed by atoms with Crippen LogP contribution < -0.4 is 0 Å². The highest BCUT2D eigenvalue weighted by molar-refractivity contribution is 6.11. The van der Waals surface area contributed by atoms with Gasteiger partial charge in [0.25, 0.3) is 0 Å². The summed E-state index contributed by atoms with van der Waals surface area (Å²) in [5, 5.41) is 0. The Morgan fingerprint density at radius 1 is 1.05 bits per heavy atom. The van der Waals surface area contributed by atoms with Crippen LogP contribution in [0.15, 0.2) is 42.5 Å². The van der Waals surface area contributed by atoms with Crippen LogP contribution in [0.1, 0.15) is 32.6 Å². The molecule has 2 rings (SSSR count). The van der Waals surface area contributed by atoms with Gasteiger partial charge < -0.3 is 4.79 Å². The zero-order chi connectivity index (χ0) is 13.8. The third-order valence-corrected chi connectivity index (χ3v) is 3.19. The Balaban J connectivity index is 2.47. The molecule has 0 saturated heterocycles. The lowest BCUT2D eigenvalue weighted by atomic mass is 9.94. The van der Waals surface area contributed by atoms with Crippen molar-refractivity contribution in [2.24, 2.45) is 0 Å². The molecular formula is C17H16O2. The molecule has 0 atom stereocenters. The van der Waals surface area contributed by atoms with E-state index in [0.717, 1.165) is 23.0 Å². The fraction of sp³-hybridized carbons (Fsp3) is 0.176. The first-order valence-corrected chi connectivity index (χ1v) is 6.27. The van der Waals surface area contributed by atoms with E-state index in [0.29, 0.717) is 11.1 Å². The normalized spacial score (nSPS) is 10.2. The molecule has 0 bridgehead atoms. The maximum Gasteiger partial charge on any atom is 0.193 e. The Kier molecular flexibility index (Phi) is 3.91. The number of carbonyl (C=O) groups is 2. The van der Waals surface area contributed by atoms with Crippen molar-refractivity contribution in [1.82, 2.24) is 0 Å². The van der Waals surface area contributed by atoms with Gasteiger partial charge in [0.2, 0.25) is 0 Å². The molecule has 0 fully saturated rings. The molecule has 2 aromatic rings. The summed E-state index contributed by atoms with van der Waals surface area (Å²) in [4.78, 5) is 23.2. The van der Waals surface area contributed by atoms with Gasteiger partial charge in [-0.25, -0.2) is 0 Å². The maximum atomic E-state index is 12.6. The minimum atomic E-state index is -0.0186.